The lowest BCUT2D eigenvalue weighted by molar-refractivity contribution is -0.128. The van der Waals surface area contributed by atoms with Crippen LogP contribution in [0.3, 0.4) is 0 Å². The lowest BCUT2D eigenvalue weighted by Crippen LogP contribution is -2.53. The van der Waals surface area contributed by atoms with Crippen LogP contribution in [0.25, 0.3) is 0 Å². The molecule has 2 aromatic rings. The van der Waals surface area contributed by atoms with Gasteiger partial charge in [0.2, 0.25) is 11.8 Å². The van der Waals surface area contributed by atoms with Crippen molar-refractivity contribution < 1.29 is 14.4 Å². The number of rotatable bonds is 6. The third kappa shape index (κ3) is 6.99. The Morgan fingerprint density at radius 1 is 1.09 bits per heavy atom. The van der Waals surface area contributed by atoms with E-state index in [0.29, 0.717) is 43.1 Å². The van der Waals surface area contributed by atoms with Crippen LogP contribution in [0.15, 0.2) is 48.5 Å². The number of nitrogens with one attached hydrogen (secondary N) is 3. The molecule has 3 rings (SSSR count). The van der Waals surface area contributed by atoms with Gasteiger partial charge < -0.3 is 20.9 Å². The summed E-state index contributed by atoms with van der Waals surface area (Å²) in [6.45, 7) is 4.46. The molecule has 7 nitrogen and oxygen atoms in total. The standard InChI is InChI=1S/C24H29ClN4O3/c1-16-5-3-6-18(13-16)14-22(26-17(2)30)23(31)27-20-9-11-29(12-10-20)24(32)28-21-8-4-7-19(25)15-21/h3-8,13,15,20,22H,9-12,14H2,1-2H3,(H,26,30)(H,27,31)(H,28,32). The third-order valence-electron chi connectivity index (χ3n) is 5.42. The molecule has 0 radical (unpaired) electrons. The Balaban J connectivity index is 1.52. The third-order valence-corrected chi connectivity index (χ3v) is 5.66. The monoisotopic (exact) mass is 456 g/mol. The van der Waals surface area contributed by atoms with E-state index in [1.54, 1.807) is 29.2 Å². The van der Waals surface area contributed by atoms with Gasteiger partial charge in [0.15, 0.2) is 0 Å². The van der Waals surface area contributed by atoms with Crippen molar-refractivity contribution in [2.45, 2.75) is 45.2 Å². The smallest absolute Gasteiger partial charge is 0.321 e. The number of amides is 4. The second kappa shape index (κ2) is 11.0. The van der Waals surface area contributed by atoms with Gasteiger partial charge >= 0.3 is 6.03 Å². The van der Waals surface area contributed by atoms with E-state index >= 15 is 0 Å². The number of likely N-dealkylation sites (tertiary alicyclic amines) is 1. The average Bonchev–Trinajstić information content (AvgIpc) is 2.73. The maximum atomic E-state index is 12.9. The fourth-order valence-corrected chi connectivity index (χ4v) is 4.02. The molecule has 1 fully saturated rings. The molecule has 1 atom stereocenters. The van der Waals surface area contributed by atoms with Gasteiger partial charge in [-0.3, -0.25) is 9.59 Å². The number of anilines is 1. The number of benzene rings is 2. The summed E-state index contributed by atoms with van der Waals surface area (Å²) >= 11 is 5.97. The fourth-order valence-electron chi connectivity index (χ4n) is 3.83. The van der Waals surface area contributed by atoms with Crippen molar-refractivity contribution in [3.63, 3.8) is 0 Å². The second-order valence-corrected chi connectivity index (χ2v) is 8.59. The minimum Gasteiger partial charge on any atom is -0.351 e. The summed E-state index contributed by atoms with van der Waals surface area (Å²) in [6, 6.07) is 14.0. The SMILES string of the molecule is CC(=O)NC(Cc1cccc(C)c1)C(=O)NC1CCN(C(=O)Nc2cccc(Cl)c2)CC1. The van der Waals surface area contributed by atoms with E-state index < -0.39 is 6.04 Å². The van der Waals surface area contributed by atoms with E-state index in [9.17, 15) is 14.4 Å². The molecule has 0 spiro atoms. The first-order valence-electron chi connectivity index (χ1n) is 10.7. The van der Waals surface area contributed by atoms with Crippen LogP contribution in [-0.2, 0) is 16.0 Å². The van der Waals surface area contributed by atoms with E-state index in [1.807, 2.05) is 31.2 Å². The van der Waals surface area contributed by atoms with Crippen LogP contribution in [-0.4, -0.2) is 47.9 Å². The molecule has 1 aliphatic heterocycles. The molecule has 8 heteroatoms. The van der Waals surface area contributed by atoms with Crippen molar-refractivity contribution >= 4 is 35.1 Å². The molecule has 0 aliphatic carbocycles. The molecular formula is C24H29ClN4O3. The zero-order valence-electron chi connectivity index (χ0n) is 18.4. The zero-order chi connectivity index (χ0) is 23.1. The first kappa shape index (κ1) is 23.6. The van der Waals surface area contributed by atoms with Crippen LogP contribution < -0.4 is 16.0 Å². The molecule has 1 unspecified atom stereocenters. The second-order valence-electron chi connectivity index (χ2n) is 8.16. The normalized spacial score (nSPS) is 15.0. The van der Waals surface area contributed by atoms with E-state index in [4.69, 9.17) is 11.6 Å². The molecule has 170 valence electrons. The quantitative estimate of drug-likeness (QED) is 0.621. The van der Waals surface area contributed by atoms with Gasteiger partial charge in [-0.15, -0.1) is 0 Å². The van der Waals surface area contributed by atoms with Gasteiger partial charge in [0, 0.05) is 43.2 Å². The number of piperidine rings is 1. The first-order chi connectivity index (χ1) is 15.3. The number of urea groups is 1. The van der Waals surface area contributed by atoms with E-state index in [-0.39, 0.29) is 23.9 Å². The number of hydrogen-bond acceptors (Lipinski definition) is 3. The molecule has 1 aliphatic rings. The summed E-state index contributed by atoms with van der Waals surface area (Å²) in [4.78, 5) is 38.8. The minimum atomic E-state index is -0.640. The number of aryl methyl sites for hydroxylation is 1. The van der Waals surface area contributed by atoms with Crippen LogP contribution >= 0.6 is 11.6 Å². The molecule has 32 heavy (non-hydrogen) atoms. The highest BCUT2D eigenvalue weighted by Gasteiger charge is 2.27. The fraction of sp³-hybridized carbons (Fsp3) is 0.375. The highest BCUT2D eigenvalue weighted by Crippen LogP contribution is 2.17. The van der Waals surface area contributed by atoms with Gasteiger partial charge in [-0.2, -0.15) is 0 Å². The molecule has 1 saturated heterocycles. The Bertz CT molecular complexity index is 973. The molecule has 0 saturated carbocycles. The number of carbonyl (C=O) groups excluding carboxylic acids is 3. The van der Waals surface area contributed by atoms with E-state index in [1.165, 1.54) is 6.92 Å². The Hall–Kier alpha value is -3.06. The minimum absolute atomic E-state index is 0.0495. The van der Waals surface area contributed by atoms with Crippen LogP contribution in [0, 0.1) is 6.92 Å². The lowest BCUT2D eigenvalue weighted by atomic mass is 10.0. The largest absolute Gasteiger partial charge is 0.351 e. The first-order valence-corrected chi connectivity index (χ1v) is 11.1. The van der Waals surface area contributed by atoms with Crippen molar-refractivity contribution in [1.82, 2.24) is 15.5 Å². The predicted octanol–water partition coefficient (Wildman–Crippen LogP) is 3.51. The van der Waals surface area contributed by atoms with E-state index in [0.717, 1.165) is 11.1 Å². The number of nitrogens with zero attached hydrogens (tertiary/aromatic N) is 1. The average molecular weight is 457 g/mol. The van der Waals surface area contributed by atoms with Crippen LogP contribution in [0.2, 0.25) is 5.02 Å². The summed E-state index contributed by atoms with van der Waals surface area (Å²) in [5.74, 6) is -0.450. The van der Waals surface area contributed by atoms with Crippen molar-refractivity contribution in [2.75, 3.05) is 18.4 Å². The summed E-state index contributed by atoms with van der Waals surface area (Å²) in [6.07, 6.45) is 1.71. The van der Waals surface area contributed by atoms with Crippen molar-refractivity contribution in [2.24, 2.45) is 0 Å². The van der Waals surface area contributed by atoms with Gasteiger partial charge in [-0.25, -0.2) is 4.79 Å². The summed E-state index contributed by atoms with van der Waals surface area (Å²) in [7, 11) is 0. The van der Waals surface area contributed by atoms with Crippen molar-refractivity contribution in [3.8, 4) is 0 Å². The van der Waals surface area contributed by atoms with Gasteiger partial charge in [0.25, 0.3) is 0 Å². The molecule has 0 bridgehead atoms. The highest BCUT2D eigenvalue weighted by molar-refractivity contribution is 6.30. The topological polar surface area (TPSA) is 90.5 Å². The summed E-state index contributed by atoms with van der Waals surface area (Å²) in [5.41, 5.74) is 2.74. The molecule has 3 N–H and O–H groups in total. The van der Waals surface area contributed by atoms with Gasteiger partial charge in [0.05, 0.1) is 0 Å². The van der Waals surface area contributed by atoms with Crippen molar-refractivity contribution in [1.29, 1.82) is 0 Å². The van der Waals surface area contributed by atoms with Gasteiger partial charge in [0.1, 0.15) is 6.04 Å². The molecule has 2 aromatic carbocycles. The number of carbonyl (C=O) groups is 3. The Morgan fingerprint density at radius 2 is 1.81 bits per heavy atom. The molecule has 0 aromatic heterocycles. The van der Waals surface area contributed by atoms with E-state index in [2.05, 4.69) is 16.0 Å². The Kier molecular flexibility index (Phi) is 8.11. The maximum absolute atomic E-state index is 12.9. The number of halogens is 1. The Labute approximate surface area is 193 Å². The molecule has 4 amide bonds. The summed E-state index contributed by atoms with van der Waals surface area (Å²) < 4.78 is 0. The maximum Gasteiger partial charge on any atom is 0.321 e. The molecular weight excluding hydrogens is 428 g/mol. The molecule has 1 heterocycles. The predicted molar refractivity (Wildman–Crippen MR) is 126 cm³/mol. The van der Waals surface area contributed by atoms with Gasteiger partial charge in [-0.05, 0) is 43.5 Å². The number of hydrogen-bond donors (Lipinski definition) is 3. The highest BCUT2D eigenvalue weighted by atomic mass is 35.5. The zero-order valence-corrected chi connectivity index (χ0v) is 19.1. The van der Waals surface area contributed by atoms with Gasteiger partial charge in [-0.1, -0.05) is 47.5 Å². The van der Waals surface area contributed by atoms with Crippen LogP contribution in [0.4, 0.5) is 10.5 Å². The van der Waals surface area contributed by atoms with Crippen LogP contribution in [0.1, 0.15) is 30.9 Å². The van der Waals surface area contributed by atoms with Crippen LogP contribution in [0.5, 0.6) is 0 Å². The lowest BCUT2D eigenvalue weighted by Gasteiger charge is -2.33. The van der Waals surface area contributed by atoms with Crippen molar-refractivity contribution in [3.05, 3.63) is 64.7 Å². The Morgan fingerprint density at radius 3 is 2.47 bits per heavy atom. The summed E-state index contributed by atoms with van der Waals surface area (Å²) in [5, 5.41) is 9.21.